The van der Waals surface area contributed by atoms with Crippen molar-refractivity contribution in [3.8, 4) is 11.1 Å². The predicted molar refractivity (Wildman–Crippen MR) is 110 cm³/mol. The Bertz CT molecular complexity index is 1160. The van der Waals surface area contributed by atoms with Crippen LogP contribution in [0.25, 0.3) is 22.1 Å². The number of hydrogen-bond donors (Lipinski definition) is 1. The van der Waals surface area contributed by atoms with Crippen molar-refractivity contribution in [2.24, 2.45) is 0 Å². The van der Waals surface area contributed by atoms with Crippen LogP contribution in [0.15, 0.2) is 34.9 Å². The minimum absolute atomic E-state index is 0.0898. The molecule has 1 aliphatic rings. The van der Waals surface area contributed by atoms with E-state index in [0.717, 1.165) is 12.8 Å². The molecule has 0 saturated heterocycles. The van der Waals surface area contributed by atoms with E-state index in [1.807, 2.05) is 0 Å². The predicted octanol–water partition coefficient (Wildman–Crippen LogP) is 4.79. The first kappa shape index (κ1) is 20.1. The molecule has 1 fully saturated rings. The van der Waals surface area contributed by atoms with Gasteiger partial charge in [0.25, 0.3) is 5.91 Å². The number of amides is 1. The lowest BCUT2D eigenvalue weighted by Gasteiger charge is -2.18. The van der Waals surface area contributed by atoms with Crippen LogP contribution >= 0.6 is 0 Å². The topological polar surface area (TPSA) is 81.4 Å². The number of nitrogens with zero attached hydrogens (tertiary/aromatic N) is 1. The van der Waals surface area contributed by atoms with E-state index in [1.54, 1.807) is 52.0 Å². The van der Waals surface area contributed by atoms with Gasteiger partial charge in [0.1, 0.15) is 11.4 Å². The molecule has 4 rings (SSSR count). The highest BCUT2D eigenvalue weighted by Gasteiger charge is 2.26. The largest absolute Gasteiger partial charge is 0.455 e. The molecule has 0 spiro atoms. The molecule has 3 aromatic rings. The lowest BCUT2D eigenvalue weighted by Crippen LogP contribution is -2.25. The fourth-order valence-corrected chi connectivity index (χ4v) is 3.18. The molecular formula is C23H23FN2O4. The molecule has 1 aromatic heterocycles. The SMILES string of the molecule is Cc1c(F)cc(C(=O)NC2CC2)cc1-c1ccc2c(C(=O)OC(C)(C)C)noc2c1. The third-order valence-corrected chi connectivity index (χ3v) is 4.89. The van der Waals surface area contributed by atoms with Gasteiger partial charge in [-0.1, -0.05) is 11.2 Å². The Hall–Kier alpha value is -3.22. The number of halogens is 1. The second kappa shape index (κ2) is 7.23. The maximum absolute atomic E-state index is 14.5. The summed E-state index contributed by atoms with van der Waals surface area (Å²) in [6.45, 7) is 6.98. The molecule has 2 aromatic carbocycles. The Morgan fingerprint density at radius 3 is 2.60 bits per heavy atom. The maximum atomic E-state index is 14.5. The van der Waals surface area contributed by atoms with E-state index in [1.165, 1.54) is 6.07 Å². The number of esters is 1. The normalized spacial score (nSPS) is 14.0. The van der Waals surface area contributed by atoms with Crippen molar-refractivity contribution in [2.75, 3.05) is 0 Å². The summed E-state index contributed by atoms with van der Waals surface area (Å²) in [5.41, 5.74) is 1.74. The Balaban J connectivity index is 1.70. The number of benzene rings is 2. The fraction of sp³-hybridized carbons (Fsp3) is 0.348. The molecule has 1 N–H and O–H groups in total. The summed E-state index contributed by atoms with van der Waals surface area (Å²) in [5, 5.41) is 7.23. The van der Waals surface area contributed by atoms with Gasteiger partial charge in [-0.15, -0.1) is 0 Å². The van der Waals surface area contributed by atoms with Crippen molar-refractivity contribution >= 4 is 22.8 Å². The molecule has 30 heavy (non-hydrogen) atoms. The van der Waals surface area contributed by atoms with Crippen molar-refractivity contribution in [1.29, 1.82) is 0 Å². The standard InChI is InChI=1S/C23H23FN2O4/c1-12-17(9-14(10-18(12)24)21(27)25-15-6-7-15)13-5-8-16-19(11-13)30-26-20(16)22(28)29-23(2,3)4/h5,8-11,15H,6-7H2,1-4H3,(H,25,27). The van der Waals surface area contributed by atoms with Crippen LogP contribution in [-0.4, -0.2) is 28.7 Å². The lowest BCUT2D eigenvalue weighted by atomic mass is 9.96. The third-order valence-electron chi connectivity index (χ3n) is 4.89. The summed E-state index contributed by atoms with van der Waals surface area (Å²) in [4.78, 5) is 24.8. The van der Waals surface area contributed by atoms with E-state index >= 15 is 0 Å². The molecule has 1 heterocycles. The first-order valence-corrected chi connectivity index (χ1v) is 9.86. The van der Waals surface area contributed by atoms with Crippen LogP contribution in [0.3, 0.4) is 0 Å². The molecule has 0 aliphatic heterocycles. The van der Waals surface area contributed by atoms with Crippen LogP contribution in [-0.2, 0) is 4.74 Å². The molecule has 1 saturated carbocycles. The molecule has 0 radical (unpaired) electrons. The van der Waals surface area contributed by atoms with E-state index < -0.39 is 17.4 Å². The number of carbonyl (C=O) groups excluding carboxylic acids is 2. The molecular weight excluding hydrogens is 387 g/mol. The quantitative estimate of drug-likeness (QED) is 0.626. The zero-order valence-electron chi connectivity index (χ0n) is 17.3. The monoisotopic (exact) mass is 410 g/mol. The highest BCUT2D eigenvalue weighted by Crippen LogP contribution is 2.31. The maximum Gasteiger partial charge on any atom is 0.361 e. The highest BCUT2D eigenvalue weighted by atomic mass is 19.1. The summed E-state index contributed by atoms with van der Waals surface area (Å²) < 4.78 is 25.2. The van der Waals surface area contributed by atoms with Crippen LogP contribution < -0.4 is 5.32 Å². The summed E-state index contributed by atoms with van der Waals surface area (Å²) in [5.74, 6) is -1.32. The van der Waals surface area contributed by atoms with E-state index in [0.29, 0.717) is 27.7 Å². The van der Waals surface area contributed by atoms with Crippen LogP contribution in [0.2, 0.25) is 0 Å². The van der Waals surface area contributed by atoms with Crippen LogP contribution in [0.4, 0.5) is 4.39 Å². The van der Waals surface area contributed by atoms with Gasteiger partial charge in [-0.3, -0.25) is 4.79 Å². The summed E-state index contributed by atoms with van der Waals surface area (Å²) in [6, 6.07) is 8.22. The van der Waals surface area contributed by atoms with E-state index in [2.05, 4.69) is 10.5 Å². The van der Waals surface area contributed by atoms with Crippen molar-refractivity contribution in [1.82, 2.24) is 10.5 Å². The number of aromatic nitrogens is 1. The van der Waals surface area contributed by atoms with Gasteiger partial charge in [0.15, 0.2) is 11.3 Å². The number of carbonyl (C=O) groups is 2. The molecule has 0 bridgehead atoms. The molecule has 1 amide bonds. The molecule has 0 unspecified atom stereocenters. The summed E-state index contributed by atoms with van der Waals surface area (Å²) >= 11 is 0. The number of fused-ring (bicyclic) bond motifs is 1. The van der Waals surface area contributed by atoms with Gasteiger partial charge in [0.05, 0.1) is 5.39 Å². The smallest absolute Gasteiger partial charge is 0.361 e. The van der Waals surface area contributed by atoms with E-state index in [4.69, 9.17) is 9.26 Å². The zero-order valence-corrected chi connectivity index (χ0v) is 17.3. The number of nitrogens with one attached hydrogen (secondary N) is 1. The van der Waals surface area contributed by atoms with Gasteiger partial charge in [-0.25, -0.2) is 9.18 Å². The first-order valence-electron chi connectivity index (χ1n) is 9.86. The number of rotatable bonds is 4. The van der Waals surface area contributed by atoms with Crippen LogP contribution in [0.1, 0.15) is 60.0 Å². The van der Waals surface area contributed by atoms with Crippen molar-refractivity contribution in [3.05, 3.63) is 53.0 Å². The molecule has 1 aliphatic carbocycles. The van der Waals surface area contributed by atoms with Crippen LogP contribution in [0, 0.1) is 12.7 Å². The number of ether oxygens (including phenoxy) is 1. The van der Waals surface area contributed by atoms with Gasteiger partial charge in [0, 0.05) is 11.6 Å². The molecule has 6 nitrogen and oxygen atoms in total. The average molecular weight is 410 g/mol. The zero-order chi connectivity index (χ0) is 21.6. The summed E-state index contributed by atoms with van der Waals surface area (Å²) in [6.07, 6.45) is 1.91. The van der Waals surface area contributed by atoms with Gasteiger partial charge < -0.3 is 14.6 Å². The molecule has 7 heteroatoms. The first-order chi connectivity index (χ1) is 14.1. The van der Waals surface area contributed by atoms with Crippen molar-refractivity contribution in [2.45, 2.75) is 52.2 Å². The minimum Gasteiger partial charge on any atom is -0.455 e. The van der Waals surface area contributed by atoms with E-state index in [-0.39, 0.29) is 23.2 Å². The number of hydrogen-bond acceptors (Lipinski definition) is 5. The Morgan fingerprint density at radius 2 is 1.93 bits per heavy atom. The minimum atomic E-state index is -0.654. The third kappa shape index (κ3) is 4.06. The van der Waals surface area contributed by atoms with Gasteiger partial charge in [-0.2, -0.15) is 0 Å². The van der Waals surface area contributed by atoms with Crippen LogP contribution in [0.5, 0.6) is 0 Å². The summed E-state index contributed by atoms with van der Waals surface area (Å²) in [7, 11) is 0. The molecule has 156 valence electrons. The average Bonchev–Trinajstić information content (AvgIpc) is 3.37. The second-order valence-corrected chi connectivity index (χ2v) is 8.62. The second-order valence-electron chi connectivity index (χ2n) is 8.62. The van der Waals surface area contributed by atoms with E-state index in [9.17, 15) is 14.0 Å². The van der Waals surface area contributed by atoms with Gasteiger partial charge in [-0.05, 0) is 81.5 Å². The van der Waals surface area contributed by atoms with Gasteiger partial charge >= 0.3 is 5.97 Å². The highest BCUT2D eigenvalue weighted by molar-refractivity contribution is 6.02. The molecule has 0 atom stereocenters. The fourth-order valence-electron chi connectivity index (χ4n) is 3.18. The van der Waals surface area contributed by atoms with Gasteiger partial charge in [0.2, 0.25) is 0 Å². The van der Waals surface area contributed by atoms with Crippen molar-refractivity contribution in [3.63, 3.8) is 0 Å². The Labute approximate surface area is 173 Å². The lowest BCUT2D eigenvalue weighted by molar-refractivity contribution is 0.00609. The Kier molecular flexibility index (Phi) is 4.84. The van der Waals surface area contributed by atoms with Crippen molar-refractivity contribution < 1.29 is 23.2 Å². The Morgan fingerprint density at radius 1 is 1.20 bits per heavy atom.